The third-order valence-corrected chi connectivity index (χ3v) is 6.93. The highest BCUT2D eigenvalue weighted by Gasteiger charge is 2.63. The lowest BCUT2D eigenvalue weighted by molar-refractivity contribution is -0.171. The van der Waals surface area contributed by atoms with Gasteiger partial charge in [0, 0.05) is 43.6 Å². The number of hydrogen-bond donors (Lipinski definition) is 2. The Kier molecular flexibility index (Phi) is 5.94. The summed E-state index contributed by atoms with van der Waals surface area (Å²) in [4.78, 5) is 15.4. The normalized spacial score (nSPS) is 29.7. The van der Waals surface area contributed by atoms with Crippen LogP contribution in [0.3, 0.4) is 0 Å². The molecule has 27 heavy (non-hydrogen) atoms. The molecule has 3 rings (SSSR count). The van der Waals surface area contributed by atoms with Gasteiger partial charge in [-0.3, -0.25) is 9.69 Å². The lowest BCUT2D eigenvalue weighted by atomic mass is 9.54. The van der Waals surface area contributed by atoms with Crippen LogP contribution in [0.1, 0.15) is 58.6 Å². The van der Waals surface area contributed by atoms with Crippen molar-refractivity contribution in [2.45, 2.75) is 70.7 Å². The van der Waals surface area contributed by atoms with Crippen LogP contribution in [0, 0.1) is 5.41 Å². The molecule has 3 N–H and O–H groups in total. The Morgan fingerprint density at radius 3 is 2.48 bits per heavy atom. The van der Waals surface area contributed by atoms with Gasteiger partial charge in [0.15, 0.2) is 0 Å². The highest BCUT2D eigenvalue weighted by Crippen LogP contribution is 2.50. The number of piperidine rings is 1. The van der Waals surface area contributed by atoms with Crippen LogP contribution >= 0.6 is 0 Å². The molecule has 1 amide bonds. The fourth-order valence-electron chi connectivity index (χ4n) is 4.51. The lowest BCUT2D eigenvalue weighted by Gasteiger charge is -2.58. The molecule has 1 saturated carbocycles. The van der Waals surface area contributed by atoms with Crippen LogP contribution in [0.15, 0.2) is 30.3 Å². The van der Waals surface area contributed by atoms with Crippen molar-refractivity contribution in [3.8, 4) is 0 Å². The summed E-state index contributed by atoms with van der Waals surface area (Å²) in [5, 5.41) is 3.23. The average Bonchev–Trinajstić information content (AvgIpc) is 2.68. The van der Waals surface area contributed by atoms with E-state index in [1.165, 1.54) is 5.56 Å². The molecule has 0 bridgehead atoms. The van der Waals surface area contributed by atoms with Crippen LogP contribution in [-0.2, 0) is 9.53 Å². The average molecular weight is 374 g/mol. The second-order valence-corrected chi connectivity index (χ2v) is 8.71. The number of likely N-dealkylation sites (tertiary alicyclic amines) is 1. The molecule has 3 unspecified atom stereocenters. The quantitative estimate of drug-likeness (QED) is 0.805. The van der Waals surface area contributed by atoms with Gasteiger partial charge in [-0.25, -0.2) is 0 Å². The van der Waals surface area contributed by atoms with Gasteiger partial charge < -0.3 is 15.8 Å². The molecule has 1 saturated heterocycles. The van der Waals surface area contributed by atoms with Crippen molar-refractivity contribution in [3.05, 3.63) is 35.9 Å². The predicted molar refractivity (Wildman–Crippen MR) is 108 cm³/mol. The summed E-state index contributed by atoms with van der Waals surface area (Å²) in [5.41, 5.74) is 6.69. The first-order valence-corrected chi connectivity index (χ1v) is 10.3. The Labute approximate surface area is 163 Å². The second kappa shape index (κ2) is 7.90. The number of amides is 1. The molecular formula is C22H35N3O2. The largest absolute Gasteiger partial charge is 0.378 e. The Bertz CT molecular complexity index is 640. The van der Waals surface area contributed by atoms with Crippen LogP contribution in [0.5, 0.6) is 0 Å². The predicted octanol–water partition coefficient (Wildman–Crippen LogP) is 2.86. The molecule has 0 spiro atoms. The molecule has 0 aromatic heterocycles. The Balaban J connectivity index is 1.51. The molecule has 150 valence electrons. The maximum atomic E-state index is 12.9. The summed E-state index contributed by atoms with van der Waals surface area (Å²) in [6, 6.07) is 11.2. The van der Waals surface area contributed by atoms with Crippen molar-refractivity contribution < 1.29 is 9.53 Å². The van der Waals surface area contributed by atoms with Crippen LogP contribution in [0.25, 0.3) is 0 Å². The number of nitrogens with zero attached hydrogens (tertiary/aromatic N) is 1. The zero-order valence-electron chi connectivity index (χ0n) is 17.2. The van der Waals surface area contributed by atoms with Crippen molar-refractivity contribution >= 4 is 5.91 Å². The molecule has 2 fully saturated rings. The Morgan fingerprint density at radius 1 is 1.30 bits per heavy atom. The summed E-state index contributed by atoms with van der Waals surface area (Å²) in [7, 11) is 0. The maximum absolute atomic E-state index is 12.9. The molecule has 0 radical (unpaired) electrons. The van der Waals surface area contributed by atoms with Crippen molar-refractivity contribution in [2.24, 2.45) is 11.1 Å². The standard InChI is InChI=1S/C22H35N3O2/c1-5-27-19-15-22(23,21(19,3)4)20(26)24-18-11-13-25(14-12-18)16(2)17-9-7-6-8-10-17/h6-10,16,18-19H,5,11-15,23H2,1-4H3,(H,24,26). The number of nitrogens with one attached hydrogen (secondary N) is 1. The minimum atomic E-state index is -0.832. The smallest absolute Gasteiger partial charge is 0.241 e. The fourth-order valence-corrected chi connectivity index (χ4v) is 4.51. The van der Waals surface area contributed by atoms with E-state index in [9.17, 15) is 4.79 Å². The zero-order valence-corrected chi connectivity index (χ0v) is 17.2. The molecular weight excluding hydrogens is 338 g/mol. The van der Waals surface area contributed by atoms with Crippen LogP contribution in [-0.4, -0.2) is 48.2 Å². The monoisotopic (exact) mass is 373 g/mol. The number of benzene rings is 1. The van der Waals surface area contributed by atoms with Gasteiger partial charge in [-0.05, 0) is 32.3 Å². The number of carbonyl (C=O) groups excluding carboxylic acids is 1. The summed E-state index contributed by atoms with van der Waals surface area (Å²) in [5.74, 6) is -0.0157. The minimum Gasteiger partial charge on any atom is -0.378 e. The van der Waals surface area contributed by atoms with Crippen LogP contribution in [0.4, 0.5) is 0 Å². The molecule has 1 heterocycles. The fraction of sp³-hybridized carbons (Fsp3) is 0.682. The zero-order chi connectivity index (χ0) is 19.7. The van der Waals surface area contributed by atoms with E-state index in [1.54, 1.807) is 0 Å². The van der Waals surface area contributed by atoms with Crippen molar-refractivity contribution in [2.75, 3.05) is 19.7 Å². The van der Waals surface area contributed by atoms with Gasteiger partial charge in [0.25, 0.3) is 0 Å². The van der Waals surface area contributed by atoms with Gasteiger partial charge in [0.2, 0.25) is 5.91 Å². The molecule has 1 aliphatic carbocycles. The third kappa shape index (κ3) is 3.78. The summed E-state index contributed by atoms with van der Waals surface area (Å²) < 4.78 is 5.74. The summed E-state index contributed by atoms with van der Waals surface area (Å²) in [6.07, 6.45) is 2.60. The van der Waals surface area contributed by atoms with E-state index < -0.39 is 5.54 Å². The molecule has 5 heteroatoms. The summed E-state index contributed by atoms with van der Waals surface area (Å²) in [6.45, 7) is 11.0. The SMILES string of the molecule is CCOC1CC(N)(C(=O)NC2CCN(C(C)c3ccccc3)CC2)C1(C)C. The molecule has 1 aliphatic heterocycles. The molecule has 1 aromatic rings. The number of carbonyl (C=O) groups is 1. The topological polar surface area (TPSA) is 67.6 Å². The van der Waals surface area contributed by atoms with E-state index >= 15 is 0 Å². The van der Waals surface area contributed by atoms with E-state index in [4.69, 9.17) is 10.5 Å². The summed E-state index contributed by atoms with van der Waals surface area (Å²) >= 11 is 0. The van der Waals surface area contributed by atoms with Gasteiger partial charge in [-0.1, -0.05) is 44.2 Å². The first-order valence-electron chi connectivity index (χ1n) is 10.3. The van der Waals surface area contributed by atoms with E-state index in [-0.39, 0.29) is 23.5 Å². The van der Waals surface area contributed by atoms with Gasteiger partial charge in [0.1, 0.15) is 5.54 Å². The van der Waals surface area contributed by atoms with Crippen LogP contribution in [0.2, 0.25) is 0 Å². The first-order chi connectivity index (χ1) is 12.8. The lowest BCUT2D eigenvalue weighted by Crippen LogP contribution is -2.76. The highest BCUT2D eigenvalue weighted by atomic mass is 16.5. The molecule has 3 atom stereocenters. The minimum absolute atomic E-state index is 0.0157. The van der Waals surface area contributed by atoms with E-state index in [2.05, 4.69) is 47.5 Å². The molecule has 1 aromatic carbocycles. The van der Waals surface area contributed by atoms with Gasteiger partial charge in [-0.15, -0.1) is 0 Å². The first kappa shape index (κ1) is 20.3. The maximum Gasteiger partial charge on any atom is 0.241 e. The number of hydrogen-bond acceptors (Lipinski definition) is 4. The van der Waals surface area contributed by atoms with E-state index in [0.717, 1.165) is 25.9 Å². The van der Waals surface area contributed by atoms with E-state index in [1.807, 2.05) is 20.8 Å². The number of ether oxygens (including phenoxy) is 1. The molecule has 5 nitrogen and oxygen atoms in total. The van der Waals surface area contributed by atoms with Crippen molar-refractivity contribution in [3.63, 3.8) is 0 Å². The number of rotatable bonds is 6. The van der Waals surface area contributed by atoms with Crippen molar-refractivity contribution in [1.82, 2.24) is 10.2 Å². The van der Waals surface area contributed by atoms with Gasteiger partial charge in [0.05, 0.1) is 6.10 Å². The van der Waals surface area contributed by atoms with Gasteiger partial charge >= 0.3 is 0 Å². The van der Waals surface area contributed by atoms with Gasteiger partial charge in [-0.2, -0.15) is 0 Å². The van der Waals surface area contributed by atoms with Crippen LogP contribution < -0.4 is 11.1 Å². The third-order valence-electron chi connectivity index (χ3n) is 6.93. The Morgan fingerprint density at radius 2 is 1.93 bits per heavy atom. The second-order valence-electron chi connectivity index (χ2n) is 8.71. The van der Waals surface area contributed by atoms with Crippen molar-refractivity contribution in [1.29, 1.82) is 0 Å². The molecule has 2 aliphatic rings. The number of nitrogens with two attached hydrogens (primary N) is 1. The highest BCUT2D eigenvalue weighted by molar-refractivity contribution is 5.89. The Hall–Kier alpha value is -1.43. The van der Waals surface area contributed by atoms with E-state index in [0.29, 0.717) is 19.1 Å².